The lowest BCUT2D eigenvalue weighted by Gasteiger charge is -2.12. The molecule has 0 spiro atoms. The van der Waals surface area contributed by atoms with E-state index in [4.69, 9.17) is 15.7 Å². The molecule has 0 radical (unpaired) electrons. The highest BCUT2D eigenvalue weighted by atomic mass is 79.9. The van der Waals surface area contributed by atoms with Crippen molar-refractivity contribution in [1.82, 2.24) is 0 Å². The van der Waals surface area contributed by atoms with Crippen molar-refractivity contribution in [2.24, 2.45) is 5.73 Å². The molecule has 0 heterocycles. The van der Waals surface area contributed by atoms with E-state index in [0.29, 0.717) is 5.75 Å². The summed E-state index contributed by atoms with van der Waals surface area (Å²) in [5.74, 6) is 0.653. The van der Waals surface area contributed by atoms with Crippen LogP contribution in [0.2, 0.25) is 0 Å². The topological polar surface area (TPSA) is 59.0 Å². The fourth-order valence-electron chi connectivity index (χ4n) is 1.42. The molecular formula is C12H14Br2N2O. The monoisotopic (exact) mass is 360 g/mol. The minimum Gasteiger partial charge on any atom is -0.476 e. The molecule has 2 N–H and O–H groups in total. The summed E-state index contributed by atoms with van der Waals surface area (Å²) in [6.45, 7) is 2.10. The Morgan fingerprint density at radius 1 is 1.41 bits per heavy atom. The van der Waals surface area contributed by atoms with Gasteiger partial charge in [-0.1, -0.05) is 6.92 Å². The molecule has 3 nitrogen and oxygen atoms in total. The van der Waals surface area contributed by atoms with Gasteiger partial charge in [-0.3, -0.25) is 0 Å². The van der Waals surface area contributed by atoms with Gasteiger partial charge in [0.15, 0.2) is 6.61 Å². The van der Waals surface area contributed by atoms with Crippen LogP contribution in [-0.2, 0) is 6.42 Å². The fourth-order valence-corrected chi connectivity index (χ4v) is 2.93. The summed E-state index contributed by atoms with van der Waals surface area (Å²) in [5, 5.41) is 8.49. The van der Waals surface area contributed by atoms with Gasteiger partial charge in [0.05, 0.1) is 8.95 Å². The molecule has 0 aromatic heterocycles. The molecule has 5 heteroatoms. The van der Waals surface area contributed by atoms with Crippen LogP contribution in [0.1, 0.15) is 18.9 Å². The SMILES string of the molecule is CCC(N)Cc1cc(Br)c(OCC#N)c(Br)c1. The quantitative estimate of drug-likeness (QED) is 0.874. The van der Waals surface area contributed by atoms with E-state index < -0.39 is 0 Å². The van der Waals surface area contributed by atoms with Gasteiger partial charge >= 0.3 is 0 Å². The molecule has 0 bridgehead atoms. The molecule has 0 fully saturated rings. The minimum atomic E-state index is 0.0328. The molecular weight excluding hydrogens is 348 g/mol. The third-order valence-corrected chi connectivity index (χ3v) is 3.54. The van der Waals surface area contributed by atoms with Gasteiger partial charge in [0.25, 0.3) is 0 Å². The van der Waals surface area contributed by atoms with Gasteiger partial charge in [0, 0.05) is 6.04 Å². The molecule has 1 aromatic carbocycles. The number of hydrogen-bond donors (Lipinski definition) is 1. The van der Waals surface area contributed by atoms with E-state index in [-0.39, 0.29) is 12.6 Å². The largest absolute Gasteiger partial charge is 0.476 e. The maximum absolute atomic E-state index is 8.49. The van der Waals surface area contributed by atoms with E-state index in [9.17, 15) is 0 Å². The van der Waals surface area contributed by atoms with Crippen molar-refractivity contribution in [2.75, 3.05) is 6.61 Å². The minimum absolute atomic E-state index is 0.0328. The lowest BCUT2D eigenvalue weighted by Crippen LogP contribution is -2.21. The van der Waals surface area contributed by atoms with Crippen molar-refractivity contribution in [2.45, 2.75) is 25.8 Å². The van der Waals surface area contributed by atoms with Crippen molar-refractivity contribution in [1.29, 1.82) is 5.26 Å². The number of nitrogens with two attached hydrogens (primary N) is 1. The molecule has 1 atom stereocenters. The maximum Gasteiger partial charge on any atom is 0.174 e. The first-order valence-corrected chi connectivity index (χ1v) is 6.90. The number of halogens is 2. The third-order valence-electron chi connectivity index (χ3n) is 2.36. The molecule has 1 rings (SSSR count). The number of rotatable bonds is 5. The molecule has 1 unspecified atom stereocenters. The average molecular weight is 362 g/mol. The lowest BCUT2D eigenvalue weighted by molar-refractivity contribution is 0.363. The van der Waals surface area contributed by atoms with Crippen molar-refractivity contribution in [3.8, 4) is 11.8 Å². The van der Waals surface area contributed by atoms with Crippen molar-refractivity contribution >= 4 is 31.9 Å². The first-order valence-electron chi connectivity index (χ1n) is 5.31. The molecule has 0 aliphatic heterocycles. The molecule has 92 valence electrons. The van der Waals surface area contributed by atoms with Gasteiger partial charge in [-0.15, -0.1) is 0 Å². The Labute approximate surface area is 118 Å². The summed E-state index contributed by atoms with van der Waals surface area (Å²) < 4.78 is 6.98. The summed E-state index contributed by atoms with van der Waals surface area (Å²) in [6, 6.07) is 6.07. The van der Waals surface area contributed by atoms with E-state index in [1.165, 1.54) is 0 Å². The normalized spacial score (nSPS) is 11.9. The predicted molar refractivity (Wildman–Crippen MR) is 74.9 cm³/mol. The third kappa shape index (κ3) is 4.30. The number of hydrogen-bond acceptors (Lipinski definition) is 3. The summed E-state index contributed by atoms with van der Waals surface area (Å²) in [4.78, 5) is 0. The highest BCUT2D eigenvalue weighted by Crippen LogP contribution is 2.35. The Balaban J connectivity index is 2.89. The number of benzene rings is 1. The van der Waals surface area contributed by atoms with E-state index in [1.807, 2.05) is 18.2 Å². The summed E-state index contributed by atoms with van der Waals surface area (Å²) in [5.41, 5.74) is 7.06. The fraction of sp³-hybridized carbons (Fsp3) is 0.417. The van der Waals surface area contributed by atoms with Crippen LogP contribution >= 0.6 is 31.9 Å². The molecule has 17 heavy (non-hydrogen) atoms. The van der Waals surface area contributed by atoms with Crippen molar-refractivity contribution in [3.63, 3.8) is 0 Å². The number of nitrogens with zero attached hydrogens (tertiary/aromatic N) is 1. The first kappa shape index (κ1) is 14.5. The Morgan fingerprint density at radius 3 is 2.47 bits per heavy atom. The molecule has 0 aliphatic carbocycles. The Kier molecular flexibility index (Phi) is 5.96. The second-order valence-electron chi connectivity index (χ2n) is 3.71. The van der Waals surface area contributed by atoms with Crippen LogP contribution in [0.3, 0.4) is 0 Å². The second-order valence-corrected chi connectivity index (χ2v) is 5.42. The van der Waals surface area contributed by atoms with E-state index in [2.05, 4.69) is 38.8 Å². The van der Waals surface area contributed by atoms with Gasteiger partial charge in [0.1, 0.15) is 11.8 Å². The van der Waals surface area contributed by atoms with Crippen LogP contribution in [0.4, 0.5) is 0 Å². The molecule has 1 aromatic rings. The number of ether oxygens (including phenoxy) is 1. The zero-order valence-electron chi connectivity index (χ0n) is 9.54. The maximum atomic E-state index is 8.49. The zero-order chi connectivity index (χ0) is 12.8. The van der Waals surface area contributed by atoms with Crippen LogP contribution in [0.5, 0.6) is 5.75 Å². The van der Waals surface area contributed by atoms with Crippen LogP contribution in [0.25, 0.3) is 0 Å². The van der Waals surface area contributed by atoms with Crippen molar-refractivity contribution < 1.29 is 4.74 Å². The highest BCUT2D eigenvalue weighted by Gasteiger charge is 2.10. The van der Waals surface area contributed by atoms with E-state index in [1.54, 1.807) is 0 Å². The van der Waals surface area contributed by atoms with Gasteiger partial charge in [-0.2, -0.15) is 5.26 Å². The Hall–Kier alpha value is -0.570. The summed E-state index contributed by atoms with van der Waals surface area (Å²) in [6.07, 6.45) is 1.77. The molecule has 0 aliphatic rings. The summed E-state index contributed by atoms with van der Waals surface area (Å²) >= 11 is 6.87. The van der Waals surface area contributed by atoms with E-state index >= 15 is 0 Å². The van der Waals surface area contributed by atoms with Gasteiger partial charge < -0.3 is 10.5 Å². The smallest absolute Gasteiger partial charge is 0.174 e. The Bertz CT molecular complexity index is 406. The van der Waals surface area contributed by atoms with Crippen LogP contribution < -0.4 is 10.5 Å². The van der Waals surface area contributed by atoms with Gasteiger partial charge in [0.2, 0.25) is 0 Å². The van der Waals surface area contributed by atoms with Crippen LogP contribution in [0, 0.1) is 11.3 Å². The van der Waals surface area contributed by atoms with Gasteiger partial charge in [-0.25, -0.2) is 0 Å². The van der Waals surface area contributed by atoms with Gasteiger partial charge in [-0.05, 0) is 62.4 Å². The second kappa shape index (κ2) is 7.00. The first-order chi connectivity index (χ1) is 8.08. The average Bonchev–Trinajstić information content (AvgIpc) is 2.28. The number of nitriles is 1. The molecule has 0 saturated heterocycles. The predicted octanol–water partition coefficient (Wildman–Crippen LogP) is 3.39. The standard InChI is InChI=1S/C12H14Br2N2O/c1-2-9(16)5-8-6-10(13)12(11(14)7-8)17-4-3-15/h6-7,9H,2,4-5,16H2,1H3. The van der Waals surface area contributed by atoms with Crippen molar-refractivity contribution in [3.05, 3.63) is 26.6 Å². The Morgan fingerprint density at radius 2 is 2.00 bits per heavy atom. The van der Waals surface area contributed by atoms with E-state index in [0.717, 1.165) is 27.4 Å². The summed E-state index contributed by atoms with van der Waals surface area (Å²) in [7, 11) is 0. The zero-order valence-corrected chi connectivity index (χ0v) is 12.7. The lowest BCUT2D eigenvalue weighted by atomic mass is 10.0. The van der Waals surface area contributed by atoms with Crippen LogP contribution in [-0.4, -0.2) is 12.6 Å². The highest BCUT2D eigenvalue weighted by molar-refractivity contribution is 9.11. The van der Waals surface area contributed by atoms with Crippen LogP contribution in [0.15, 0.2) is 21.1 Å². The molecule has 0 amide bonds. The molecule has 0 saturated carbocycles.